The topological polar surface area (TPSA) is 54.2 Å². The van der Waals surface area contributed by atoms with Crippen molar-refractivity contribution in [1.29, 1.82) is 0 Å². The first-order chi connectivity index (χ1) is 11.9. The highest BCUT2D eigenvalue weighted by Gasteiger charge is 2.20. The molecule has 0 aliphatic heterocycles. The Labute approximate surface area is 151 Å². The van der Waals surface area contributed by atoms with Gasteiger partial charge in [-0.2, -0.15) is 5.10 Å². The molecule has 0 aliphatic carbocycles. The van der Waals surface area contributed by atoms with Gasteiger partial charge in [0.25, 0.3) is 0 Å². The van der Waals surface area contributed by atoms with E-state index in [4.69, 9.17) is 0 Å². The van der Waals surface area contributed by atoms with Crippen LogP contribution in [0.25, 0.3) is 0 Å². The van der Waals surface area contributed by atoms with Crippen molar-refractivity contribution in [3.05, 3.63) is 53.3 Å². The summed E-state index contributed by atoms with van der Waals surface area (Å²) >= 11 is 0. The number of nitrogens with zero attached hydrogens (tertiary/aromatic N) is 3. The van der Waals surface area contributed by atoms with Crippen molar-refractivity contribution in [3.8, 4) is 0 Å². The molecule has 1 heterocycles. The van der Waals surface area contributed by atoms with Gasteiger partial charge in [0.1, 0.15) is 0 Å². The Kier molecular flexibility index (Phi) is 6.62. The van der Waals surface area contributed by atoms with Crippen LogP contribution in [0, 0.1) is 0 Å². The normalized spacial score (nSPS) is 12.3. The standard InChI is InChI=1S/C20H31N5/c1-6-16-8-10-18(11-9-16)20(3,4)15-23-19(21-7-2)22-12-17-13-24-25(5)14-17/h8-11,13-14H,6-7,12,15H2,1-5H3,(H2,21,22,23). The van der Waals surface area contributed by atoms with Gasteiger partial charge in [0.05, 0.1) is 12.7 Å². The van der Waals surface area contributed by atoms with E-state index in [1.165, 1.54) is 11.1 Å². The zero-order valence-corrected chi connectivity index (χ0v) is 16.1. The lowest BCUT2D eigenvalue weighted by molar-refractivity contribution is 0.508. The largest absolute Gasteiger partial charge is 0.357 e. The predicted molar refractivity (Wildman–Crippen MR) is 105 cm³/mol. The van der Waals surface area contributed by atoms with Crippen LogP contribution in [0.1, 0.15) is 44.4 Å². The molecule has 5 heteroatoms. The molecule has 0 spiro atoms. The highest BCUT2D eigenvalue weighted by atomic mass is 15.2. The maximum Gasteiger partial charge on any atom is 0.191 e. The Balaban J connectivity index is 2.00. The quantitative estimate of drug-likeness (QED) is 0.601. The third-order valence-electron chi connectivity index (χ3n) is 4.36. The van der Waals surface area contributed by atoms with Crippen molar-refractivity contribution in [3.63, 3.8) is 0 Å². The molecule has 136 valence electrons. The summed E-state index contributed by atoms with van der Waals surface area (Å²) in [5, 5.41) is 11.0. The zero-order valence-electron chi connectivity index (χ0n) is 16.1. The number of guanidine groups is 1. The van der Waals surface area contributed by atoms with Crippen LogP contribution in [0.5, 0.6) is 0 Å². The fourth-order valence-corrected chi connectivity index (χ4v) is 2.66. The summed E-state index contributed by atoms with van der Waals surface area (Å²) in [5.74, 6) is 0.838. The number of hydrogen-bond donors (Lipinski definition) is 2. The molecule has 0 saturated carbocycles. The second-order valence-corrected chi connectivity index (χ2v) is 7.01. The third-order valence-corrected chi connectivity index (χ3v) is 4.36. The van der Waals surface area contributed by atoms with E-state index in [0.29, 0.717) is 6.54 Å². The van der Waals surface area contributed by atoms with Crippen molar-refractivity contribution in [2.24, 2.45) is 12.0 Å². The fraction of sp³-hybridized carbons (Fsp3) is 0.500. The molecular formula is C20H31N5. The molecule has 1 aromatic heterocycles. The summed E-state index contributed by atoms with van der Waals surface area (Å²) < 4.78 is 1.80. The minimum Gasteiger partial charge on any atom is -0.357 e. The van der Waals surface area contributed by atoms with Crippen LogP contribution in [0.15, 0.2) is 41.7 Å². The molecule has 0 amide bonds. The summed E-state index contributed by atoms with van der Waals surface area (Å²) in [7, 11) is 1.92. The van der Waals surface area contributed by atoms with Gasteiger partial charge in [0.2, 0.25) is 0 Å². The molecule has 25 heavy (non-hydrogen) atoms. The van der Waals surface area contributed by atoms with Gasteiger partial charge in [-0.15, -0.1) is 0 Å². The van der Waals surface area contributed by atoms with E-state index in [2.05, 4.69) is 72.7 Å². The van der Waals surface area contributed by atoms with Gasteiger partial charge in [-0.1, -0.05) is 45.0 Å². The summed E-state index contributed by atoms with van der Waals surface area (Å²) in [6.07, 6.45) is 4.92. The summed E-state index contributed by atoms with van der Waals surface area (Å²) in [6, 6.07) is 8.91. The Hall–Kier alpha value is -2.30. The van der Waals surface area contributed by atoms with Gasteiger partial charge < -0.3 is 10.6 Å². The van der Waals surface area contributed by atoms with E-state index < -0.39 is 0 Å². The molecular weight excluding hydrogens is 310 g/mol. The predicted octanol–water partition coefficient (Wildman–Crippen LogP) is 3.02. The van der Waals surface area contributed by atoms with Gasteiger partial charge in [0.15, 0.2) is 5.96 Å². The van der Waals surface area contributed by atoms with Crippen molar-refractivity contribution in [2.45, 2.75) is 46.1 Å². The molecule has 0 saturated heterocycles. The second-order valence-electron chi connectivity index (χ2n) is 7.01. The number of nitrogens with one attached hydrogen (secondary N) is 2. The molecule has 5 nitrogen and oxygen atoms in total. The van der Waals surface area contributed by atoms with Crippen LogP contribution >= 0.6 is 0 Å². The summed E-state index contributed by atoms with van der Waals surface area (Å²) in [6.45, 7) is 11.0. The molecule has 2 rings (SSSR count). The number of aliphatic imine (C=N–C) groups is 1. The van der Waals surface area contributed by atoms with Gasteiger partial charge in [-0.3, -0.25) is 4.68 Å². The first-order valence-electron chi connectivity index (χ1n) is 9.03. The first-order valence-corrected chi connectivity index (χ1v) is 9.03. The van der Waals surface area contributed by atoms with Crippen LogP contribution in [-0.4, -0.2) is 28.8 Å². The van der Waals surface area contributed by atoms with Crippen LogP contribution in [0.3, 0.4) is 0 Å². The SMILES string of the molecule is CCNC(=NCc1cnn(C)c1)NCC(C)(C)c1ccc(CC)cc1. The Morgan fingerprint density at radius 1 is 1.12 bits per heavy atom. The van der Waals surface area contributed by atoms with Gasteiger partial charge in [0, 0.05) is 37.3 Å². The average Bonchev–Trinajstić information content (AvgIpc) is 3.03. The zero-order chi connectivity index (χ0) is 18.3. The molecule has 2 aromatic rings. The van der Waals surface area contributed by atoms with Crippen LogP contribution in [0.2, 0.25) is 0 Å². The van der Waals surface area contributed by atoms with E-state index in [9.17, 15) is 0 Å². The number of aryl methyl sites for hydroxylation is 2. The smallest absolute Gasteiger partial charge is 0.191 e. The minimum absolute atomic E-state index is 0.0246. The van der Waals surface area contributed by atoms with Crippen molar-refractivity contribution < 1.29 is 0 Å². The van der Waals surface area contributed by atoms with Crippen molar-refractivity contribution >= 4 is 5.96 Å². The molecule has 0 aliphatic rings. The highest BCUT2D eigenvalue weighted by molar-refractivity contribution is 5.79. The molecule has 2 N–H and O–H groups in total. The van der Waals surface area contributed by atoms with Gasteiger partial charge >= 0.3 is 0 Å². The first kappa shape index (κ1) is 19.0. The van der Waals surface area contributed by atoms with Gasteiger partial charge in [-0.05, 0) is 24.5 Å². The van der Waals surface area contributed by atoms with Crippen molar-refractivity contribution in [2.75, 3.05) is 13.1 Å². The maximum absolute atomic E-state index is 4.66. The van der Waals surface area contributed by atoms with E-state index in [1.54, 1.807) is 4.68 Å². The maximum atomic E-state index is 4.66. The van der Waals surface area contributed by atoms with Crippen LogP contribution in [-0.2, 0) is 25.4 Å². The van der Waals surface area contributed by atoms with E-state index in [1.807, 2.05) is 19.4 Å². The number of aromatic nitrogens is 2. The van der Waals surface area contributed by atoms with Crippen LogP contribution < -0.4 is 10.6 Å². The number of rotatable bonds is 7. The summed E-state index contributed by atoms with van der Waals surface area (Å²) in [5.41, 5.74) is 3.84. The fourth-order valence-electron chi connectivity index (χ4n) is 2.66. The molecule has 0 fully saturated rings. The lowest BCUT2D eigenvalue weighted by Gasteiger charge is -2.27. The molecule has 0 unspecified atom stereocenters. The second kappa shape index (κ2) is 8.70. The lowest BCUT2D eigenvalue weighted by Crippen LogP contribution is -2.43. The summed E-state index contributed by atoms with van der Waals surface area (Å²) in [4.78, 5) is 4.66. The third kappa shape index (κ3) is 5.62. The van der Waals surface area contributed by atoms with Crippen molar-refractivity contribution in [1.82, 2.24) is 20.4 Å². The van der Waals surface area contributed by atoms with E-state index in [0.717, 1.165) is 31.0 Å². The molecule has 0 radical (unpaired) electrons. The Morgan fingerprint density at radius 3 is 2.40 bits per heavy atom. The number of hydrogen-bond acceptors (Lipinski definition) is 2. The lowest BCUT2D eigenvalue weighted by atomic mass is 9.84. The Bertz CT molecular complexity index is 682. The Morgan fingerprint density at radius 2 is 1.84 bits per heavy atom. The minimum atomic E-state index is 0.0246. The molecule has 0 bridgehead atoms. The van der Waals surface area contributed by atoms with E-state index in [-0.39, 0.29) is 5.41 Å². The van der Waals surface area contributed by atoms with Gasteiger partial charge in [-0.25, -0.2) is 4.99 Å². The van der Waals surface area contributed by atoms with Crippen LogP contribution in [0.4, 0.5) is 0 Å². The van der Waals surface area contributed by atoms with E-state index >= 15 is 0 Å². The monoisotopic (exact) mass is 341 g/mol. The average molecular weight is 342 g/mol. The highest BCUT2D eigenvalue weighted by Crippen LogP contribution is 2.22. The number of benzene rings is 1. The molecule has 0 atom stereocenters. The molecule has 1 aromatic carbocycles.